The van der Waals surface area contributed by atoms with Gasteiger partial charge in [-0.2, -0.15) is 0 Å². The minimum absolute atomic E-state index is 0.0525. The molecule has 1 aromatic heterocycles. The summed E-state index contributed by atoms with van der Waals surface area (Å²) in [7, 11) is -3.46. The molecule has 0 amide bonds. The third-order valence-electron chi connectivity index (χ3n) is 1.55. The van der Waals surface area contributed by atoms with Crippen molar-refractivity contribution < 1.29 is 8.42 Å². The first-order chi connectivity index (χ1) is 5.99. The highest BCUT2D eigenvalue weighted by Crippen LogP contribution is 2.24. The maximum atomic E-state index is 11.3. The van der Waals surface area contributed by atoms with Gasteiger partial charge in [0, 0.05) is 11.6 Å². The van der Waals surface area contributed by atoms with Gasteiger partial charge >= 0.3 is 0 Å². The average molecular weight is 218 g/mol. The number of rotatable bonds is 2. The van der Waals surface area contributed by atoms with Crippen LogP contribution in [0.25, 0.3) is 0 Å². The van der Waals surface area contributed by atoms with Crippen LogP contribution in [-0.2, 0) is 9.84 Å². The van der Waals surface area contributed by atoms with Crippen molar-refractivity contribution in [2.75, 3.05) is 0 Å². The molecule has 0 fully saturated rings. The second-order valence-electron chi connectivity index (χ2n) is 2.42. The fourth-order valence-electron chi connectivity index (χ4n) is 0.834. The number of aryl methyl sites for hydroxylation is 1. The fraction of sp³-hybridized carbons (Fsp3) is 0.125. The van der Waals surface area contributed by atoms with E-state index >= 15 is 0 Å². The van der Waals surface area contributed by atoms with Crippen molar-refractivity contribution in [2.45, 2.75) is 11.8 Å². The van der Waals surface area contributed by atoms with Crippen molar-refractivity contribution in [3.63, 3.8) is 0 Å². The summed E-state index contributed by atoms with van der Waals surface area (Å²) in [5, 5.41) is 1.02. The smallest absolute Gasteiger partial charge is 0.200 e. The molecule has 13 heavy (non-hydrogen) atoms. The van der Waals surface area contributed by atoms with Crippen LogP contribution < -0.4 is 0 Å². The van der Waals surface area contributed by atoms with E-state index in [9.17, 15) is 8.42 Å². The van der Waals surface area contributed by atoms with Crippen molar-refractivity contribution in [1.82, 2.24) is 4.98 Å². The lowest BCUT2D eigenvalue weighted by molar-refractivity contribution is 0.604. The van der Waals surface area contributed by atoms with Gasteiger partial charge in [0.1, 0.15) is 0 Å². The van der Waals surface area contributed by atoms with Crippen LogP contribution in [0, 0.1) is 6.92 Å². The van der Waals surface area contributed by atoms with Crippen molar-refractivity contribution >= 4 is 21.4 Å². The summed E-state index contributed by atoms with van der Waals surface area (Å²) in [6, 6.07) is 1.35. The summed E-state index contributed by atoms with van der Waals surface area (Å²) < 4.78 is 22.7. The first-order valence-electron chi connectivity index (χ1n) is 3.47. The van der Waals surface area contributed by atoms with Crippen LogP contribution in [0.4, 0.5) is 0 Å². The normalized spacial score (nSPS) is 11.2. The molecule has 3 nitrogen and oxygen atoms in total. The van der Waals surface area contributed by atoms with Crippen LogP contribution in [-0.4, -0.2) is 13.4 Å². The molecule has 1 heterocycles. The van der Waals surface area contributed by atoms with Gasteiger partial charge in [0.15, 0.2) is 0 Å². The molecule has 0 bridgehead atoms. The maximum Gasteiger partial charge on any atom is 0.200 e. The Morgan fingerprint density at radius 2 is 2.23 bits per heavy atom. The molecule has 0 N–H and O–H groups in total. The number of hydrogen-bond donors (Lipinski definition) is 0. The summed E-state index contributed by atoms with van der Waals surface area (Å²) in [4.78, 5) is 3.91. The van der Waals surface area contributed by atoms with Gasteiger partial charge in [-0.1, -0.05) is 18.2 Å². The Balaban J connectivity index is 3.49. The number of pyridine rings is 1. The Morgan fingerprint density at radius 3 is 2.77 bits per heavy atom. The van der Waals surface area contributed by atoms with Crippen LogP contribution in [0.1, 0.15) is 5.69 Å². The highest BCUT2D eigenvalue weighted by Gasteiger charge is 2.15. The van der Waals surface area contributed by atoms with Gasteiger partial charge in [-0.05, 0) is 13.0 Å². The zero-order valence-corrected chi connectivity index (χ0v) is 8.56. The number of aromatic nitrogens is 1. The van der Waals surface area contributed by atoms with Crippen molar-refractivity contribution in [3.8, 4) is 0 Å². The molecule has 0 spiro atoms. The molecular weight excluding hydrogens is 210 g/mol. The molecule has 0 unspecified atom stereocenters. The quantitative estimate of drug-likeness (QED) is 0.761. The van der Waals surface area contributed by atoms with E-state index in [1.807, 2.05) is 0 Å². The minimum Gasteiger partial charge on any atom is -0.260 e. The molecule has 70 valence electrons. The van der Waals surface area contributed by atoms with E-state index in [-0.39, 0.29) is 9.92 Å². The number of hydrogen-bond acceptors (Lipinski definition) is 3. The number of nitrogens with zero attached hydrogens (tertiary/aromatic N) is 1. The lowest BCUT2D eigenvalue weighted by atomic mass is 10.4. The topological polar surface area (TPSA) is 47.0 Å². The number of sulfone groups is 1. The molecular formula is C8H8ClNO2S. The van der Waals surface area contributed by atoms with Gasteiger partial charge in [-0.15, -0.1) is 0 Å². The van der Waals surface area contributed by atoms with E-state index in [2.05, 4.69) is 11.6 Å². The van der Waals surface area contributed by atoms with Crippen LogP contribution in [0.15, 0.2) is 29.1 Å². The lowest BCUT2D eigenvalue weighted by Crippen LogP contribution is -1.98. The Labute approximate surface area is 82.0 Å². The van der Waals surface area contributed by atoms with Gasteiger partial charge < -0.3 is 0 Å². The summed E-state index contributed by atoms with van der Waals surface area (Å²) >= 11 is 5.77. The Kier molecular flexibility index (Phi) is 2.73. The van der Waals surface area contributed by atoms with Crippen LogP contribution in [0.3, 0.4) is 0 Å². The Hall–Kier alpha value is -0.870. The van der Waals surface area contributed by atoms with Gasteiger partial charge in [0.25, 0.3) is 0 Å². The SMILES string of the molecule is C=CS(=O)(=O)c1ccnc(C)c1Cl. The predicted octanol–water partition coefficient (Wildman–Crippen LogP) is 1.96. The standard InChI is InChI=1S/C8H8ClNO2S/c1-3-13(11,12)7-4-5-10-6(2)8(7)9/h3-5H,1H2,2H3. The monoisotopic (exact) mass is 217 g/mol. The molecule has 0 aliphatic rings. The molecule has 0 saturated carbocycles. The van der Waals surface area contributed by atoms with Gasteiger partial charge in [0.2, 0.25) is 9.84 Å². The lowest BCUT2D eigenvalue weighted by Gasteiger charge is -2.02. The highest BCUT2D eigenvalue weighted by molar-refractivity contribution is 7.94. The minimum atomic E-state index is -3.46. The molecule has 1 aromatic rings. The fourth-order valence-corrected chi connectivity index (χ4v) is 2.10. The molecule has 0 radical (unpaired) electrons. The Morgan fingerprint density at radius 1 is 1.62 bits per heavy atom. The Bertz CT molecular complexity index is 439. The zero-order valence-electron chi connectivity index (χ0n) is 6.99. The van der Waals surface area contributed by atoms with Gasteiger partial charge in [-0.3, -0.25) is 4.98 Å². The van der Waals surface area contributed by atoms with E-state index in [0.29, 0.717) is 5.69 Å². The summed E-state index contributed by atoms with van der Waals surface area (Å²) in [5.74, 6) is 0. The molecule has 1 rings (SSSR count). The van der Waals surface area contributed by atoms with Gasteiger partial charge in [-0.25, -0.2) is 8.42 Å². The van der Waals surface area contributed by atoms with Crippen molar-refractivity contribution in [2.24, 2.45) is 0 Å². The zero-order chi connectivity index (χ0) is 10.1. The van der Waals surface area contributed by atoms with Gasteiger partial charge in [0.05, 0.1) is 15.6 Å². The predicted molar refractivity (Wildman–Crippen MR) is 51.4 cm³/mol. The third-order valence-corrected chi connectivity index (χ3v) is 3.54. The molecule has 0 aromatic carbocycles. The van der Waals surface area contributed by atoms with E-state index < -0.39 is 9.84 Å². The van der Waals surface area contributed by atoms with Crippen molar-refractivity contribution in [1.29, 1.82) is 0 Å². The third kappa shape index (κ3) is 1.89. The second-order valence-corrected chi connectivity index (χ2v) is 4.66. The average Bonchev–Trinajstić information content (AvgIpc) is 2.09. The molecule has 0 aliphatic carbocycles. The van der Waals surface area contributed by atoms with E-state index in [1.54, 1.807) is 6.92 Å². The second kappa shape index (κ2) is 3.47. The molecule has 0 atom stereocenters. The van der Waals surface area contributed by atoms with E-state index in [4.69, 9.17) is 11.6 Å². The summed E-state index contributed by atoms with van der Waals surface area (Å²) in [6.45, 7) is 4.86. The highest BCUT2D eigenvalue weighted by atomic mass is 35.5. The summed E-state index contributed by atoms with van der Waals surface area (Å²) in [6.07, 6.45) is 1.40. The first kappa shape index (κ1) is 10.2. The van der Waals surface area contributed by atoms with Crippen molar-refractivity contribution in [3.05, 3.63) is 35.0 Å². The van der Waals surface area contributed by atoms with Crippen LogP contribution in [0.5, 0.6) is 0 Å². The van der Waals surface area contributed by atoms with Crippen LogP contribution >= 0.6 is 11.6 Å². The molecule has 5 heteroatoms. The van der Waals surface area contributed by atoms with Crippen LogP contribution in [0.2, 0.25) is 5.02 Å². The number of halogens is 1. The maximum absolute atomic E-state index is 11.3. The first-order valence-corrected chi connectivity index (χ1v) is 5.40. The largest absolute Gasteiger partial charge is 0.260 e. The van der Waals surface area contributed by atoms with E-state index in [1.165, 1.54) is 12.3 Å². The summed E-state index contributed by atoms with van der Waals surface area (Å²) in [5.41, 5.74) is 0.490. The molecule has 0 aliphatic heterocycles. The van der Waals surface area contributed by atoms with E-state index in [0.717, 1.165) is 5.41 Å². The molecule has 0 saturated heterocycles.